The Morgan fingerprint density at radius 2 is 0.314 bits per heavy atom. The Morgan fingerprint density at radius 3 is 0.400 bits per heavy atom. The minimum atomic E-state index is -10.8. The maximum absolute atomic E-state index is 14.9. The first-order valence-electron chi connectivity index (χ1n) is 7.04. The van der Waals surface area contributed by atoms with Crippen molar-refractivity contribution in [2.45, 2.75) is 60.2 Å². The summed E-state index contributed by atoms with van der Waals surface area (Å²) in [7, 11) is 0. The highest BCUT2D eigenvalue weighted by Gasteiger charge is 3.09. The summed E-state index contributed by atoms with van der Waals surface area (Å²) in [5, 5.41) is 0. The van der Waals surface area contributed by atoms with Crippen LogP contribution in [0.25, 0.3) is 0 Å². The first-order valence-corrected chi connectivity index (χ1v) is 7.04. The molecule has 0 aliphatic heterocycles. The molecular formula is C11F24. The second-order valence-electron chi connectivity index (χ2n) is 6.21. The molecule has 0 unspecified atom stereocenters. The van der Waals surface area contributed by atoms with Crippen molar-refractivity contribution in [3.8, 4) is 0 Å². The largest absolute Gasteiger partial charge is 0.435 e. The lowest BCUT2D eigenvalue weighted by Gasteiger charge is -2.56. The van der Waals surface area contributed by atoms with Gasteiger partial charge >= 0.3 is 54.6 Å². The van der Waals surface area contributed by atoms with Crippen LogP contribution in [0.15, 0.2) is 0 Å². The summed E-state index contributed by atoms with van der Waals surface area (Å²) in [6.45, 7) is 0. The van der Waals surface area contributed by atoms with Crippen LogP contribution in [0.4, 0.5) is 105 Å². The molecule has 0 spiro atoms. The normalized spacial score (nSPS) is 17.1. The van der Waals surface area contributed by atoms with Crippen molar-refractivity contribution in [1.29, 1.82) is 0 Å². The van der Waals surface area contributed by atoms with Crippen molar-refractivity contribution in [3.05, 3.63) is 0 Å². The zero-order chi connectivity index (χ0) is 29.5. The van der Waals surface area contributed by atoms with Crippen LogP contribution in [0, 0.1) is 5.41 Å². The highest BCUT2D eigenvalue weighted by molar-refractivity contribution is 5.33. The van der Waals surface area contributed by atoms with Gasteiger partial charge in [0, 0.05) is 0 Å². The molecule has 0 rings (SSSR count). The van der Waals surface area contributed by atoms with Crippen LogP contribution in [-0.2, 0) is 0 Å². The average Bonchev–Trinajstić information content (AvgIpc) is 2.43. The van der Waals surface area contributed by atoms with Gasteiger partial charge in [0.15, 0.2) is 0 Å². The van der Waals surface area contributed by atoms with E-state index in [0.717, 1.165) is 0 Å². The summed E-state index contributed by atoms with van der Waals surface area (Å²) in [5.74, 6) is 0. The molecule has 0 saturated carbocycles. The van der Waals surface area contributed by atoms with Gasteiger partial charge in [-0.25, -0.2) is 13.2 Å². The molecule has 0 nitrogen and oxygen atoms in total. The standard InChI is InChI=1S/C11F24/c12-2(3(13,8(24,25)26)9(27,28)29,4(14,10(30,31)32)11(33,34)35)1(5(15,16)17,6(18,19)20)7(21,22)23. The molecule has 0 fully saturated rings. The molecule has 35 heavy (non-hydrogen) atoms. The molecular weight excluding hydrogens is 588 g/mol. The third kappa shape index (κ3) is 3.81. The molecule has 0 heterocycles. The number of rotatable bonds is 3. The van der Waals surface area contributed by atoms with Gasteiger partial charge in [-0.2, -0.15) is 92.2 Å². The van der Waals surface area contributed by atoms with E-state index in [0.29, 0.717) is 0 Å². The summed E-state index contributed by atoms with van der Waals surface area (Å²) in [4.78, 5) is 0. The molecule has 0 atom stereocenters. The van der Waals surface area contributed by atoms with Crippen LogP contribution in [0.5, 0.6) is 0 Å². The lowest BCUT2D eigenvalue weighted by atomic mass is 9.55. The molecule has 212 valence electrons. The number of halogens is 24. The smallest absolute Gasteiger partial charge is 0.233 e. The van der Waals surface area contributed by atoms with E-state index in [1.165, 1.54) is 0 Å². The van der Waals surface area contributed by atoms with E-state index >= 15 is 0 Å². The van der Waals surface area contributed by atoms with E-state index < -0.39 is 65.7 Å². The average molecular weight is 588 g/mol. The van der Waals surface area contributed by atoms with E-state index in [-0.39, 0.29) is 0 Å². The second kappa shape index (κ2) is 7.66. The van der Waals surface area contributed by atoms with Gasteiger partial charge in [-0.3, -0.25) is 0 Å². The van der Waals surface area contributed by atoms with E-state index in [2.05, 4.69) is 0 Å². The van der Waals surface area contributed by atoms with Gasteiger partial charge in [-0.05, 0) is 0 Å². The van der Waals surface area contributed by atoms with Crippen molar-refractivity contribution in [2.75, 3.05) is 0 Å². The maximum Gasteiger partial charge on any atom is 0.435 e. The third-order valence-corrected chi connectivity index (χ3v) is 4.30. The summed E-state index contributed by atoms with van der Waals surface area (Å²) in [5.41, 5.74) is -41.4. The minimum absolute atomic E-state index is 9.33. The highest BCUT2D eigenvalue weighted by Crippen LogP contribution is 2.78. The monoisotopic (exact) mass is 588 g/mol. The summed E-state index contributed by atoms with van der Waals surface area (Å²) >= 11 is 0. The zero-order valence-corrected chi connectivity index (χ0v) is 14.6. The van der Waals surface area contributed by atoms with Crippen molar-refractivity contribution in [3.63, 3.8) is 0 Å². The Balaban J connectivity index is 9.31. The van der Waals surface area contributed by atoms with Crippen LogP contribution in [0.2, 0.25) is 0 Å². The van der Waals surface area contributed by atoms with Crippen molar-refractivity contribution < 1.29 is 105 Å². The lowest BCUT2D eigenvalue weighted by molar-refractivity contribution is -0.536. The highest BCUT2D eigenvalue weighted by atomic mass is 19.5. The van der Waals surface area contributed by atoms with E-state index in [4.69, 9.17) is 0 Å². The molecule has 0 aromatic rings. The Hall–Kier alpha value is -1.68. The first-order chi connectivity index (χ1) is 14.5. The molecule has 0 aliphatic rings. The Bertz CT molecular complexity index is 653. The van der Waals surface area contributed by atoms with Gasteiger partial charge in [0.2, 0.25) is 5.67 Å². The summed E-state index contributed by atoms with van der Waals surface area (Å²) in [6, 6.07) is 0. The minimum Gasteiger partial charge on any atom is -0.233 e. The first kappa shape index (κ1) is 33.3. The van der Waals surface area contributed by atoms with Gasteiger partial charge in [0.1, 0.15) is 0 Å². The molecule has 0 aromatic heterocycles. The van der Waals surface area contributed by atoms with Crippen LogP contribution in [0.3, 0.4) is 0 Å². The molecule has 0 amide bonds. The van der Waals surface area contributed by atoms with Gasteiger partial charge in [-0.1, -0.05) is 0 Å². The van der Waals surface area contributed by atoms with Crippen LogP contribution in [-0.4, -0.2) is 60.2 Å². The fourth-order valence-corrected chi connectivity index (χ4v) is 2.92. The Morgan fingerprint density at radius 1 is 0.171 bits per heavy atom. The van der Waals surface area contributed by atoms with Crippen LogP contribution >= 0.6 is 0 Å². The molecule has 0 N–H and O–H groups in total. The Labute approximate surface area is 172 Å². The van der Waals surface area contributed by atoms with Gasteiger partial charge in [-0.15, -0.1) is 0 Å². The fraction of sp³-hybridized carbons (Fsp3) is 1.00. The van der Waals surface area contributed by atoms with Crippen molar-refractivity contribution in [2.24, 2.45) is 5.41 Å². The number of alkyl halides is 24. The van der Waals surface area contributed by atoms with Gasteiger partial charge in [0.05, 0.1) is 0 Å². The molecule has 0 aliphatic carbocycles. The van der Waals surface area contributed by atoms with Gasteiger partial charge in [0.25, 0.3) is 5.41 Å². The molecule has 0 radical (unpaired) electrons. The zero-order valence-electron chi connectivity index (χ0n) is 14.6. The maximum atomic E-state index is 14.9. The fourth-order valence-electron chi connectivity index (χ4n) is 2.92. The summed E-state index contributed by atoms with van der Waals surface area (Å²) in [6.07, 6.45) is -66.0. The Kier molecular flexibility index (Phi) is 7.30. The predicted molar refractivity (Wildman–Crippen MR) is 56.3 cm³/mol. The quantitative estimate of drug-likeness (QED) is 0.293. The molecule has 0 aromatic carbocycles. The van der Waals surface area contributed by atoms with Crippen molar-refractivity contribution in [1.82, 2.24) is 0 Å². The topological polar surface area (TPSA) is 0 Å². The number of hydrogen-bond donors (Lipinski definition) is 0. The summed E-state index contributed by atoms with van der Waals surface area (Å²) < 4.78 is 313. The third-order valence-electron chi connectivity index (χ3n) is 4.30. The van der Waals surface area contributed by atoms with E-state index in [9.17, 15) is 105 Å². The van der Waals surface area contributed by atoms with Crippen LogP contribution < -0.4 is 0 Å². The predicted octanol–water partition coefficient (Wildman–Crippen LogP) is 8.03. The van der Waals surface area contributed by atoms with E-state index in [1.54, 1.807) is 0 Å². The van der Waals surface area contributed by atoms with Crippen molar-refractivity contribution >= 4 is 0 Å². The van der Waals surface area contributed by atoms with E-state index in [1.807, 2.05) is 0 Å². The molecule has 0 saturated heterocycles. The van der Waals surface area contributed by atoms with Gasteiger partial charge < -0.3 is 0 Å². The molecule has 0 bridgehead atoms. The lowest BCUT2D eigenvalue weighted by Crippen LogP contribution is -2.90. The second-order valence-corrected chi connectivity index (χ2v) is 6.21. The SMILES string of the molecule is FC(F)(F)C(F)(C(F)(F)F)C(F)(C(F)(C(F)(F)F)C(F)(F)F)C(C(F)(F)F)(C(F)(F)F)C(F)(F)F. The number of hydrogen-bond acceptors (Lipinski definition) is 0. The molecule has 24 heteroatoms. The van der Waals surface area contributed by atoms with Crippen LogP contribution in [0.1, 0.15) is 0 Å².